The van der Waals surface area contributed by atoms with Gasteiger partial charge in [-0.2, -0.15) is 0 Å². The molecule has 0 saturated heterocycles. The number of benzene rings is 2. The first-order chi connectivity index (χ1) is 13.3. The number of rotatable bonds is 6. The molecule has 0 spiro atoms. The van der Waals surface area contributed by atoms with E-state index in [2.05, 4.69) is 15.5 Å². The highest BCUT2D eigenvalue weighted by Crippen LogP contribution is 2.23. The lowest BCUT2D eigenvalue weighted by molar-refractivity contribution is -0.385. The normalized spacial score (nSPS) is 11.2. The van der Waals surface area contributed by atoms with Crippen LogP contribution in [0.1, 0.15) is 17.3 Å². The molecule has 2 aromatic carbocycles. The van der Waals surface area contributed by atoms with Gasteiger partial charge in [-0.15, -0.1) is 5.10 Å². The van der Waals surface area contributed by atoms with Crippen LogP contribution in [0.2, 0.25) is 0 Å². The molecule has 10 nitrogen and oxygen atoms in total. The minimum Gasteiger partial charge on any atom is -0.403 e. The van der Waals surface area contributed by atoms with Crippen molar-refractivity contribution in [3.8, 4) is 11.5 Å². The number of nitrogens with one attached hydrogen (secondary N) is 1. The van der Waals surface area contributed by atoms with Crippen LogP contribution < -0.4 is 5.32 Å². The molecule has 0 aliphatic rings. The number of hydrogen-bond donors (Lipinski definition) is 1. The molecule has 0 bridgehead atoms. The Bertz CT molecular complexity index is 1140. The summed E-state index contributed by atoms with van der Waals surface area (Å²) in [6, 6.07) is 11.1. The number of anilines is 1. The van der Waals surface area contributed by atoms with Gasteiger partial charge in [-0.1, -0.05) is 24.2 Å². The highest BCUT2D eigenvalue weighted by molar-refractivity contribution is 7.91. The molecule has 11 heteroatoms. The van der Waals surface area contributed by atoms with Crippen LogP contribution in [0, 0.1) is 10.1 Å². The minimum atomic E-state index is -3.33. The van der Waals surface area contributed by atoms with Crippen LogP contribution in [0.3, 0.4) is 0 Å². The molecule has 0 saturated carbocycles. The molecular weight excluding hydrogens is 388 g/mol. The number of nitro groups is 1. The molecule has 28 heavy (non-hydrogen) atoms. The highest BCUT2D eigenvalue weighted by Gasteiger charge is 2.21. The molecule has 0 unspecified atom stereocenters. The summed E-state index contributed by atoms with van der Waals surface area (Å²) in [5, 5.41) is 20.8. The first kappa shape index (κ1) is 19.2. The van der Waals surface area contributed by atoms with Crippen molar-refractivity contribution in [3.63, 3.8) is 0 Å². The standard InChI is InChI=1S/C17H14N4O6S/c1-2-28(25,26)12-9-7-11(8-10-12)16-19-20-17(27-16)18-15(22)13-5-3-4-6-14(13)21(23)24/h3-10H,2H2,1H3,(H,18,20,22). The van der Waals surface area contributed by atoms with E-state index in [0.29, 0.717) is 5.56 Å². The summed E-state index contributed by atoms with van der Waals surface area (Å²) in [5.41, 5.74) is -0.0532. The number of amides is 1. The zero-order valence-electron chi connectivity index (χ0n) is 14.5. The molecule has 1 heterocycles. The maximum Gasteiger partial charge on any atom is 0.322 e. The Labute approximate surface area is 159 Å². The van der Waals surface area contributed by atoms with Crippen LogP contribution >= 0.6 is 0 Å². The molecular formula is C17H14N4O6S. The fraction of sp³-hybridized carbons (Fsp3) is 0.118. The van der Waals surface area contributed by atoms with Gasteiger partial charge in [0.25, 0.3) is 11.6 Å². The zero-order valence-corrected chi connectivity index (χ0v) is 15.3. The molecule has 0 fully saturated rings. The lowest BCUT2D eigenvalue weighted by Gasteiger charge is -2.02. The highest BCUT2D eigenvalue weighted by atomic mass is 32.2. The summed E-state index contributed by atoms with van der Waals surface area (Å²) in [6.07, 6.45) is 0. The quantitative estimate of drug-likeness (QED) is 0.489. The second-order valence-electron chi connectivity index (χ2n) is 5.57. The van der Waals surface area contributed by atoms with Crippen LogP contribution in [0.5, 0.6) is 0 Å². The van der Waals surface area contributed by atoms with Crippen LogP contribution in [0.4, 0.5) is 11.7 Å². The van der Waals surface area contributed by atoms with Crippen LogP contribution in [0.15, 0.2) is 57.8 Å². The molecule has 144 valence electrons. The monoisotopic (exact) mass is 402 g/mol. The first-order valence-electron chi connectivity index (χ1n) is 8.03. The van der Waals surface area contributed by atoms with E-state index in [1.165, 1.54) is 48.5 Å². The Morgan fingerprint density at radius 2 is 1.82 bits per heavy atom. The molecule has 1 N–H and O–H groups in total. The van der Waals surface area contributed by atoms with Gasteiger partial charge in [0.15, 0.2) is 9.84 Å². The number of nitrogens with zero attached hydrogens (tertiary/aromatic N) is 3. The van der Waals surface area contributed by atoms with Gasteiger partial charge in [0.2, 0.25) is 5.89 Å². The van der Waals surface area contributed by atoms with Crippen molar-refractivity contribution in [1.82, 2.24) is 10.2 Å². The maximum absolute atomic E-state index is 12.3. The van der Waals surface area contributed by atoms with Gasteiger partial charge in [0, 0.05) is 11.6 Å². The van der Waals surface area contributed by atoms with E-state index in [1.807, 2.05) is 0 Å². The van der Waals surface area contributed by atoms with E-state index in [0.717, 1.165) is 0 Å². The van der Waals surface area contributed by atoms with Crippen LogP contribution in [-0.4, -0.2) is 35.2 Å². The number of nitro benzene ring substituents is 1. The van der Waals surface area contributed by atoms with Gasteiger partial charge in [0.1, 0.15) is 5.56 Å². The summed E-state index contributed by atoms with van der Waals surface area (Å²) in [6.45, 7) is 1.55. The molecule has 1 amide bonds. The average Bonchev–Trinajstić information content (AvgIpc) is 3.16. The van der Waals surface area contributed by atoms with Crippen LogP contribution in [0.25, 0.3) is 11.5 Å². The van der Waals surface area contributed by atoms with Gasteiger partial charge in [-0.25, -0.2) is 8.42 Å². The van der Waals surface area contributed by atoms with Gasteiger partial charge >= 0.3 is 6.01 Å². The fourth-order valence-electron chi connectivity index (χ4n) is 2.35. The second-order valence-corrected chi connectivity index (χ2v) is 7.85. The summed E-state index contributed by atoms with van der Waals surface area (Å²) < 4.78 is 29.0. The Morgan fingerprint density at radius 3 is 2.46 bits per heavy atom. The third-order valence-electron chi connectivity index (χ3n) is 3.83. The minimum absolute atomic E-state index is 0.0191. The number of carbonyl (C=O) groups excluding carboxylic acids is 1. The molecule has 1 aromatic heterocycles. The topological polar surface area (TPSA) is 145 Å². The Balaban J connectivity index is 1.80. The molecule has 3 rings (SSSR count). The number of para-hydroxylation sites is 1. The lowest BCUT2D eigenvalue weighted by Crippen LogP contribution is -2.14. The predicted molar refractivity (Wildman–Crippen MR) is 98.5 cm³/mol. The van der Waals surface area contributed by atoms with Crippen LogP contribution in [-0.2, 0) is 9.84 Å². The van der Waals surface area contributed by atoms with E-state index in [1.54, 1.807) is 6.92 Å². The molecule has 0 radical (unpaired) electrons. The van der Waals surface area contributed by atoms with E-state index < -0.39 is 20.7 Å². The Morgan fingerprint density at radius 1 is 1.14 bits per heavy atom. The maximum atomic E-state index is 12.3. The molecule has 0 aliphatic heterocycles. The van der Waals surface area contributed by atoms with E-state index >= 15 is 0 Å². The summed E-state index contributed by atoms with van der Waals surface area (Å²) in [5.74, 6) is -0.737. The van der Waals surface area contributed by atoms with Crippen molar-refractivity contribution in [3.05, 3.63) is 64.2 Å². The van der Waals surface area contributed by atoms with Gasteiger partial charge in [0.05, 0.1) is 15.6 Å². The van der Waals surface area contributed by atoms with Gasteiger partial charge in [-0.3, -0.25) is 20.2 Å². The third-order valence-corrected chi connectivity index (χ3v) is 5.58. The predicted octanol–water partition coefficient (Wildman–Crippen LogP) is 2.69. The summed E-state index contributed by atoms with van der Waals surface area (Å²) in [7, 11) is -3.33. The van der Waals surface area contributed by atoms with Crippen molar-refractivity contribution in [2.45, 2.75) is 11.8 Å². The largest absolute Gasteiger partial charge is 0.403 e. The van der Waals surface area contributed by atoms with Crippen molar-refractivity contribution in [2.24, 2.45) is 0 Å². The van der Waals surface area contributed by atoms with Crippen molar-refractivity contribution >= 4 is 27.4 Å². The van der Waals surface area contributed by atoms with E-state index in [4.69, 9.17) is 4.42 Å². The Kier molecular flexibility index (Phi) is 5.18. The average molecular weight is 402 g/mol. The second kappa shape index (κ2) is 7.56. The number of sulfone groups is 1. The summed E-state index contributed by atoms with van der Waals surface area (Å²) >= 11 is 0. The van der Waals surface area contributed by atoms with E-state index in [9.17, 15) is 23.3 Å². The summed E-state index contributed by atoms with van der Waals surface area (Å²) in [4.78, 5) is 22.8. The van der Waals surface area contributed by atoms with Gasteiger partial charge in [-0.05, 0) is 30.3 Å². The number of hydrogen-bond acceptors (Lipinski definition) is 8. The SMILES string of the molecule is CCS(=O)(=O)c1ccc(-c2nnc(NC(=O)c3ccccc3[N+](=O)[O-])o2)cc1. The zero-order chi connectivity index (χ0) is 20.3. The smallest absolute Gasteiger partial charge is 0.322 e. The molecule has 0 aliphatic carbocycles. The molecule has 3 aromatic rings. The van der Waals surface area contributed by atoms with Gasteiger partial charge < -0.3 is 4.42 Å². The molecule has 0 atom stereocenters. The third kappa shape index (κ3) is 3.88. The van der Waals surface area contributed by atoms with Crippen molar-refractivity contribution in [2.75, 3.05) is 11.1 Å². The Hall–Kier alpha value is -3.60. The lowest BCUT2D eigenvalue weighted by atomic mass is 10.1. The number of aromatic nitrogens is 2. The fourth-order valence-corrected chi connectivity index (χ4v) is 3.24. The van der Waals surface area contributed by atoms with Crippen molar-refractivity contribution < 1.29 is 22.6 Å². The first-order valence-corrected chi connectivity index (χ1v) is 9.68. The number of carbonyl (C=O) groups is 1. The van der Waals surface area contributed by atoms with E-state index in [-0.39, 0.29) is 33.8 Å². The van der Waals surface area contributed by atoms with Crippen molar-refractivity contribution in [1.29, 1.82) is 0 Å².